The molecule has 0 aliphatic rings. The molecule has 1 heterocycles. The average molecular weight is 327 g/mol. The molecule has 96 valence electrons. The molecular formula is C14H15BrO2S. The third kappa shape index (κ3) is 3.83. The van der Waals surface area contributed by atoms with Gasteiger partial charge in [0, 0.05) is 4.47 Å². The molecule has 0 radical (unpaired) electrons. The Bertz CT molecular complexity index is 491. The Morgan fingerprint density at radius 3 is 2.56 bits per heavy atom. The summed E-state index contributed by atoms with van der Waals surface area (Å²) < 4.78 is 6.80. The number of halogens is 1. The molecule has 0 saturated heterocycles. The SMILES string of the molecule is CC(O)Cc1ccc(OCc2sccc2Br)cc1. The molecule has 1 aromatic carbocycles. The fourth-order valence-corrected chi connectivity index (χ4v) is 3.02. The van der Waals surface area contributed by atoms with E-state index in [0.717, 1.165) is 15.8 Å². The lowest BCUT2D eigenvalue weighted by Gasteiger charge is -2.07. The van der Waals surface area contributed by atoms with Gasteiger partial charge in [-0.05, 0) is 58.4 Å². The van der Waals surface area contributed by atoms with Crippen LogP contribution in [0.4, 0.5) is 0 Å². The van der Waals surface area contributed by atoms with E-state index in [1.165, 1.54) is 4.88 Å². The van der Waals surface area contributed by atoms with Crippen LogP contribution in [0.5, 0.6) is 5.75 Å². The van der Waals surface area contributed by atoms with E-state index in [0.29, 0.717) is 13.0 Å². The zero-order valence-electron chi connectivity index (χ0n) is 10.1. The van der Waals surface area contributed by atoms with Gasteiger partial charge in [-0.15, -0.1) is 11.3 Å². The number of ether oxygens (including phenoxy) is 1. The molecule has 4 heteroatoms. The minimum Gasteiger partial charge on any atom is -0.488 e. The second-order valence-corrected chi connectivity index (χ2v) is 6.03. The molecule has 1 atom stereocenters. The summed E-state index contributed by atoms with van der Waals surface area (Å²) in [6.45, 7) is 2.37. The second kappa shape index (κ2) is 6.36. The third-order valence-corrected chi connectivity index (χ3v) is 4.42. The van der Waals surface area contributed by atoms with E-state index in [9.17, 15) is 5.11 Å². The van der Waals surface area contributed by atoms with Crippen molar-refractivity contribution in [1.29, 1.82) is 0 Å². The van der Waals surface area contributed by atoms with E-state index < -0.39 is 0 Å². The van der Waals surface area contributed by atoms with Crippen LogP contribution in [0.3, 0.4) is 0 Å². The van der Waals surface area contributed by atoms with E-state index in [-0.39, 0.29) is 6.10 Å². The normalized spacial score (nSPS) is 12.4. The minimum absolute atomic E-state index is 0.307. The molecule has 0 spiro atoms. The van der Waals surface area contributed by atoms with Crippen molar-refractivity contribution < 1.29 is 9.84 Å². The molecule has 0 saturated carbocycles. The summed E-state index contributed by atoms with van der Waals surface area (Å²) in [6, 6.07) is 9.89. The predicted octanol–water partition coefficient (Wildman–Crippen LogP) is 4.01. The average Bonchev–Trinajstić information content (AvgIpc) is 2.73. The Hall–Kier alpha value is -0.840. The van der Waals surface area contributed by atoms with Crippen LogP contribution in [-0.2, 0) is 13.0 Å². The topological polar surface area (TPSA) is 29.5 Å². The lowest BCUT2D eigenvalue weighted by atomic mass is 10.1. The quantitative estimate of drug-likeness (QED) is 0.899. The summed E-state index contributed by atoms with van der Waals surface area (Å²) >= 11 is 5.16. The summed E-state index contributed by atoms with van der Waals surface area (Å²) in [5, 5.41) is 11.3. The maximum atomic E-state index is 9.30. The molecule has 1 aromatic heterocycles. The van der Waals surface area contributed by atoms with Gasteiger partial charge in [-0.2, -0.15) is 0 Å². The van der Waals surface area contributed by atoms with Gasteiger partial charge in [-0.25, -0.2) is 0 Å². The van der Waals surface area contributed by atoms with Gasteiger partial charge in [0.05, 0.1) is 11.0 Å². The maximum absolute atomic E-state index is 9.30. The van der Waals surface area contributed by atoms with Crippen LogP contribution < -0.4 is 4.74 Å². The molecule has 2 nitrogen and oxygen atoms in total. The monoisotopic (exact) mass is 326 g/mol. The highest BCUT2D eigenvalue weighted by Gasteiger charge is 2.03. The zero-order chi connectivity index (χ0) is 13.0. The molecule has 1 N–H and O–H groups in total. The Kier molecular flexibility index (Phi) is 4.80. The summed E-state index contributed by atoms with van der Waals surface area (Å²) in [5.74, 6) is 0.852. The van der Waals surface area contributed by atoms with E-state index in [4.69, 9.17) is 4.74 Å². The van der Waals surface area contributed by atoms with E-state index in [2.05, 4.69) is 15.9 Å². The van der Waals surface area contributed by atoms with Crippen LogP contribution in [0.2, 0.25) is 0 Å². The first-order valence-corrected chi connectivity index (χ1v) is 7.44. The second-order valence-electron chi connectivity index (χ2n) is 4.18. The van der Waals surface area contributed by atoms with Gasteiger partial charge in [0.25, 0.3) is 0 Å². The van der Waals surface area contributed by atoms with E-state index in [1.807, 2.05) is 35.7 Å². The van der Waals surface area contributed by atoms with Gasteiger partial charge in [0.1, 0.15) is 12.4 Å². The summed E-state index contributed by atoms with van der Waals surface area (Å²) in [7, 11) is 0. The molecule has 0 aliphatic carbocycles. The smallest absolute Gasteiger partial charge is 0.124 e. The first kappa shape index (κ1) is 13.6. The number of rotatable bonds is 5. The molecule has 2 aromatic rings. The van der Waals surface area contributed by atoms with Crippen LogP contribution in [0, 0.1) is 0 Å². The molecule has 1 unspecified atom stereocenters. The number of hydrogen-bond acceptors (Lipinski definition) is 3. The first-order chi connectivity index (χ1) is 8.65. The van der Waals surface area contributed by atoms with Gasteiger partial charge in [0.15, 0.2) is 0 Å². The van der Waals surface area contributed by atoms with Crippen molar-refractivity contribution in [1.82, 2.24) is 0 Å². The number of benzene rings is 1. The van der Waals surface area contributed by atoms with Crippen molar-refractivity contribution in [2.75, 3.05) is 0 Å². The van der Waals surface area contributed by atoms with Crippen LogP contribution in [0.25, 0.3) is 0 Å². The van der Waals surface area contributed by atoms with Crippen molar-refractivity contribution in [3.8, 4) is 5.75 Å². The number of aliphatic hydroxyl groups is 1. The van der Waals surface area contributed by atoms with Crippen molar-refractivity contribution in [2.24, 2.45) is 0 Å². The summed E-state index contributed by atoms with van der Waals surface area (Å²) in [6.07, 6.45) is 0.371. The lowest BCUT2D eigenvalue weighted by Crippen LogP contribution is -2.03. The highest BCUT2D eigenvalue weighted by Crippen LogP contribution is 2.24. The van der Waals surface area contributed by atoms with Crippen LogP contribution in [-0.4, -0.2) is 11.2 Å². The van der Waals surface area contributed by atoms with Crippen molar-refractivity contribution in [2.45, 2.75) is 26.1 Å². The standard InChI is InChI=1S/C14H15BrO2S/c1-10(16)8-11-2-4-12(5-3-11)17-9-14-13(15)6-7-18-14/h2-7,10,16H,8-9H2,1H3. The number of thiophene rings is 1. The molecule has 0 aliphatic heterocycles. The van der Waals surface area contributed by atoms with Crippen molar-refractivity contribution in [3.05, 3.63) is 50.6 Å². The van der Waals surface area contributed by atoms with Gasteiger partial charge >= 0.3 is 0 Å². The Labute approximate surface area is 119 Å². The fraction of sp³-hybridized carbons (Fsp3) is 0.286. The van der Waals surface area contributed by atoms with Gasteiger partial charge in [-0.3, -0.25) is 0 Å². The number of hydrogen-bond donors (Lipinski definition) is 1. The van der Waals surface area contributed by atoms with Crippen molar-refractivity contribution in [3.63, 3.8) is 0 Å². The molecule has 0 amide bonds. The van der Waals surface area contributed by atoms with Crippen LogP contribution in [0.15, 0.2) is 40.2 Å². The Morgan fingerprint density at radius 1 is 1.28 bits per heavy atom. The zero-order valence-corrected chi connectivity index (χ0v) is 12.5. The van der Waals surface area contributed by atoms with E-state index >= 15 is 0 Å². The van der Waals surface area contributed by atoms with Gasteiger partial charge in [0.2, 0.25) is 0 Å². The highest BCUT2D eigenvalue weighted by molar-refractivity contribution is 9.10. The molecule has 0 bridgehead atoms. The molecule has 18 heavy (non-hydrogen) atoms. The fourth-order valence-electron chi connectivity index (χ4n) is 1.64. The molecule has 0 fully saturated rings. The molecular weight excluding hydrogens is 312 g/mol. The Morgan fingerprint density at radius 2 is 2.00 bits per heavy atom. The summed E-state index contributed by atoms with van der Waals surface area (Å²) in [4.78, 5) is 1.18. The van der Waals surface area contributed by atoms with Gasteiger partial charge in [-0.1, -0.05) is 12.1 Å². The maximum Gasteiger partial charge on any atom is 0.124 e. The first-order valence-electron chi connectivity index (χ1n) is 5.77. The summed E-state index contributed by atoms with van der Waals surface area (Å²) in [5.41, 5.74) is 1.12. The third-order valence-electron chi connectivity index (χ3n) is 2.52. The largest absolute Gasteiger partial charge is 0.488 e. The van der Waals surface area contributed by atoms with Gasteiger partial charge < -0.3 is 9.84 Å². The lowest BCUT2D eigenvalue weighted by molar-refractivity contribution is 0.195. The van der Waals surface area contributed by atoms with Crippen molar-refractivity contribution >= 4 is 27.3 Å². The number of aliphatic hydroxyl groups excluding tert-OH is 1. The minimum atomic E-state index is -0.307. The molecule has 2 rings (SSSR count). The van der Waals surface area contributed by atoms with Crippen LogP contribution in [0.1, 0.15) is 17.4 Å². The highest BCUT2D eigenvalue weighted by atomic mass is 79.9. The van der Waals surface area contributed by atoms with Crippen LogP contribution >= 0.6 is 27.3 Å². The van der Waals surface area contributed by atoms with E-state index in [1.54, 1.807) is 18.3 Å². The predicted molar refractivity (Wildman–Crippen MR) is 78.2 cm³/mol. The Balaban J connectivity index is 1.92.